The monoisotopic (exact) mass is 247 g/mol. The van der Waals surface area contributed by atoms with Gasteiger partial charge in [0.2, 0.25) is 0 Å². The van der Waals surface area contributed by atoms with Gasteiger partial charge in [0.1, 0.15) is 0 Å². The summed E-state index contributed by atoms with van der Waals surface area (Å²) in [4.78, 5) is 2.23. The molecule has 1 aromatic carbocycles. The van der Waals surface area contributed by atoms with Crippen molar-refractivity contribution in [2.75, 3.05) is 14.1 Å². The normalized spacial score (nSPS) is 20.3. The van der Waals surface area contributed by atoms with E-state index < -0.39 is 0 Å². The molecule has 0 bridgehead atoms. The van der Waals surface area contributed by atoms with Crippen LogP contribution in [-0.4, -0.2) is 29.6 Å². The summed E-state index contributed by atoms with van der Waals surface area (Å²) in [6, 6.07) is 8.42. The highest BCUT2D eigenvalue weighted by Crippen LogP contribution is 2.43. The van der Waals surface area contributed by atoms with Crippen molar-refractivity contribution in [3.63, 3.8) is 0 Å². The number of aryl methyl sites for hydroxylation is 1. The van der Waals surface area contributed by atoms with Crippen LogP contribution < -0.4 is 0 Å². The van der Waals surface area contributed by atoms with Gasteiger partial charge in [-0.15, -0.1) is 0 Å². The summed E-state index contributed by atoms with van der Waals surface area (Å²) in [6.45, 7) is 2.16. The molecule has 2 nitrogen and oxygen atoms in total. The molecular weight excluding hydrogens is 222 g/mol. The van der Waals surface area contributed by atoms with Gasteiger partial charge in [0.25, 0.3) is 0 Å². The van der Waals surface area contributed by atoms with Gasteiger partial charge in [-0.05, 0) is 44.5 Å². The first kappa shape index (κ1) is 13.6. The van der Waals surface area contributed by atoms with E-state index in [4.69, 9.17) is 0 Å². The fraction of sp³-hybridized carbons (Fsp3) is 0.625. The topological polar surface area (TPSA) is 23.5 Å². The van der Waals surface area contributed by atoms with Crippen molar-refractivity contribution in [2.45, 2.75) is 50.7 Å². The van der Waals surface area contributed by atoms with E-state index in [2.05, 4.69) is 50.2 Å². The summed E-state index contributed by atoms with van der Waals surface area (Å²) in [5.41, 5.74) is 2.32. The number of rotatable bonds is 4. The quantitative estimate of drug-likeness (QED) is 0.883. The molecular formula is C16H25NO. The first-order valence-corrected chi connectivity index (χ1v) is 7.04. The third-order valence-electron chi connectivity index (χ3n) is 4.54. The van der Waals surface area contributed by atoms with Crippen LogP contribution in [0.15, 0.2) is 24.3 Å². The van der Waals surface area contributed by atoms with Gasteiger partial charge in [0.15, 0.2) is 0 Å². The molecule has 0 spiro atoms. The maximum absolute atomic E-state index is 10.8. The smallest absolute Gasteiger partial charge is 0.0973 e. The van der Waals surface area contributed by atoms with Crippen LogP contribution >= 0.6 is 0 Å². The summed E-state index contributed by atoms with van der Waals surface area (Å²) >= 11 is 0. The second-order valence-corrected chi connectivity index (χ2v) is 5.71. The molecule has 1 aliphatic rings. The maximum Gasteiger partial charge on any atom is 0.0973 e. The fourth-order valence-electron chi connectivity index (χ4n) is 3.25. The van der Waals surface area contributed by atoms with E-state index in [-0.39, 0.29) is 11.6 Å². The minimum atomic E-state index is -0.374. The van der Waals surface area contributed by atoms with E-state index >= 15 is 0 Å². The number of benzene rings is 1. The van der Waals surface area contributed by atoms with Crippen LogP contribution in [0.4, 0.5) is 0 Å². The van der Waals surface area contributed by atoms with Crippen molar-refractivity contribution in [3.05, 3.63) is 35.4 Å². The molecule has 2 rings (SSSR count). The highest BCUT2D eigenvalue weighted by atomic mass is 16.3. The molecule has 1 aromatic rings. The molecule has 2 heteroatoms. The minimum absolute atomic E-state index is 0.0631. The Morgan fingerprint density at radius 1 is 1.28 bits per heavy atom. The van der Waals surface area contributed by atoms with Gasteiger partial charge in [0.05, 0.1) is 11.6 Å². The van der Waals surface area contributed by atoms with E-state index in [9.17, 15) is 5.11 Å². The lowest BCUT2D eigenvalue weighted by Gasteiger charge is -2.40. The lowest BCUT2D eigenvalue weighted by molar-refractivity contribution is -0.00478. The molecule has 1 N–H and O–H groups in total. The standard InChI is InChI=1S/C16H25NO/c1-4-13-8-7-9-14(12-13)15(18)16(17(2)3)10-5-6-11-16/h7-9,12,15,18H,4-6,10-11H2,1-3H3. The molecule has 0 aromatic heterocycles. The van der Waals surface area contributed by atoms with Crippen LogP contribution in [0.3, 0.4) is 0 Å². The SMILES string of the molecule is CCc1cccc(C(O)C2(N(C)C)CCCC2)c1. The Hall–Kier alpha value is -0.860. The van der Waals surface area contributed by atoms with Crippen molar-refractivity contribution in [2.24, 2.45) is 0 Å². The predicted octanol–water partition coefficient (Wildman–Crippen LogP) is 3.16. The largest absolute Gasteiger partial charge is 0.386 e. The van der Waals surface area contributed by atoms with Crippen LogP contribution in [0.2, 0.25) is 0 Å². The van der Waals surface area contributed by atoms with Gasteiger partial charge in [-0.25, -0.2) is 0 Å². The predicted molar refractivity (Wildman–Crippen MR) is 75.7 cm³/mol. The van der Waals surface area contributed by atoms with E-state index in [1.807, 2.05) is 0 Å². The van der Waals surface area contributed by atoms with Gasteiger partial charge in [-0.3, -0.25) is 0 Å². The summed E-state index contributed by atoms with van der Waals surface area (Å²) < 4.78 is 0. The molecule has 0 saturated heterocycles. The zero-order chi connectivity index (χ0) is 13.2. The number of aliphatic hydroxyl groups excluding tert-OH is 1. The van der Waals surface area contributed by atoms with E-state index in [0.29, 0.717) is 0 Å². The summed E-state index contributed by atoms with van der Waals surface area (Å²) in [5, 5.41) is 10.8. The van der Waals surface area contributed by atoms with E-state index in [1.54, 1.807) is 0 Å². The van der Waals surface area contributed by atoms with Gasteiger partial charge < -0.3 is 10.0 Å². The van der Waals surface area contributed by atoms with Crippen molar-refractivity contribution >= 4 is 0 Å². The number of aliphatic hydroxyl groups is 1. The molecule has 1 aliphatic carbocycles. The third kappa shape index (κ3) is 2.32. The Labute approximate surface area is 111 Å². The average Bonchev–Trinajstić information content (AvgIpc) is 2.88. The van der Waals surface area contributed by atoms with Crippen LogP contribution in [-0.2, 0) is 6.42 Å². The Kier molecular flexibility index (Phi) is 4.08. The Morgan fingerprint density at radius 2 is 1.94 bits per heavy atom. The van der Waals surface area contributed by atoms with Crippen molar-refractivity contribution in [1.29, 1.82) is 0 Å². The molecule has 1 unspecified atom stereocenters. The summed E-state index contributed by atoms with van der Waals surface area (Å²) in [7, 11) is 4.19. The van der Waals surface area contributed by atoms with Crippen LogP contribution in [0.1, 0.15) is 49.8 Å². The number of likely N-dealkylation sites (N-methyl/N-ethyl adjacent to an activating group) is 1. The highest BCUT2D eigenvalue weighted by molar-refractivity contribution is 5.28. The number of hydrogen-bond acceptors (Lipinski definition) is 2. The second kappa shape index (κ2) is 5.41. The molecule has 0 radical (unpaired) electrons. The van der Waals surface area contributed by atoms with Gasteiger partial charge in [-0.1, -0.05) is 44.0 Å². The minimum Gasteiger partial charge on any atom is -0.386 e. The summed E-state index contributed by atoms with van der Waals surface area (Å²) in [5.74, 6) is 0. The molecule has 1 atom stereocenters. The van der Waals surface area contributed by atoms with Crippen molar-refractivity contribution in [3.8, 4) is 0 Å². The zero-order valence-corrected chi connectivity index (χ0v) is 11.8. The van der Waals surface area contributed by atoms with Crippen molar-refractivity contribution < 1.29 is 5.11 Å². The lowest BCUT2D eigenvalue weighted by Crippen LogP contribution is -2.47. The molecule has 18 heavy (non-hydrogen) atoms. The molecule has 0 amide bonds. The lowest BCUT2D eigenvalue weighted by atomic mass is 9.84. The summed E-state index contributed by atoms with van der Waals surface area (Å²) in [6.07, 6.45) is 5.29. The van der Waals surface area contributed by atoms with Crippen molar-refractivity contribution in [1.82, 2.24) is 4.90 Å². The first-order valence-electron chi connectivity index (χ1n) is 7.04. The van der Waals surface area contributed by atoms with Gasteiger partial charge in [0, 0.05) is 0 Å². The zero-order valence-electron chi connectivity index (χ0n) is 11.8. The van der Waals surface area contributed by atoms with Crippen LogP contribution in [0.25, 0.3) is 0 Å². The first-order chi connectivity index (χ1) is 8.60. The molecule has 0 aliphatic heterocycles. The van der Waals surface area contributed by atoms with E-state index in [0.717, 1.165) is 24.8 Å². The Balaban J connectivity index is 2.30. The molecule has 1 saturated carbocycles. The number of hydrogen-bond donors (Lipinski definition) is 1. The van der Waals surface area contributed by atoms with Gasteiger partial charge >= 0.3 is 0 Å². The van der Waals surface area contributed by atoms with Gasteiger partial charge in [-0.2, -0.15) is 0 Å². The van der Waals surface area contributed by atoms with Crippen LogP contribution in [0, 0.1) is 0 Å². The highest BCUT2D eigenvalue weighted by Gasteiger charge is 2.43. The number of nitrogens with zero attached hydrogens (tertiary/aromatic N) is 1. The van der Waals surface area contributed by atoms with Crippen LogP contribution in [0.5, 0.6) is 0 Å². The molecule has 100 valence electrons. The Morgan fingerprint density at radius 3 is 2.50 bits per heavy atom. The Bertz CT molecular complexity index is 394. The fourth-order valence-corrected chi connectivity index (χ4v) is 3.25. The molecule has 0 heterocycles. The third-order valence-corrected chi connectivity index (χ3v) is 4.54. The van der Waals surface area contributed by atoms with E-state index in [1.165, 1.54) is 18.4 Å². The molecule has 1 fully saturated rings. The maximum atomic E-state index is 10.8. The average molecular weight is 247 g/mol. The second-order valence-electron chi connectivity index (χ2n) is 5.71.